The summed E-state index contributed by atoms with van der Waals surface area (Å²) in [4.78, 5) is 16.5. The quantitative estimate of drug-likeness (QED) is 0.376. The van der Waals surface area contributed by atoms with Crippen LogP contribution in [0.1, 0.15) is 25.8 Å². The first-order valence-corrected chi connectivity index (χ1v) is 8.75. The highest BCUT2D eigenvalue weighted by Crippen LogP contribution is 2.36. The number of benzene rings is 1. The van der Waals surface area contributed by atoms with E-state index in [-0.39, 0.29) is 24.0 Å². The zero-order chi connectivity index (χ0) is 20.7. The molecule has 0 radical (unpaired) electrons. The van der Waals surface area contributed by atoms with E-state index in [0.717, 1.165) is 0 Å². The summed E-state index contributed by atoms with van der Waals surface area (Å²) < 4.78 is 37.3. The summed E-state index contributed by atoms with van der Waals surface area (Å²) in [5.74, 6) is 0.348. The molecule has 7 N–H and O–H groups in total. The molecule has 7 nitrogen and oxygen atoms in total. The van der Waals surface area contributed by atoms with Crippen molar-refractivity contribution in [3.63, 3.8) is 0 Å². The van der Waals surface area contributed by atoms with E-state index >= 15 is 0 Å². The highest BCUT2D eigenvalue weighted by molar-refractivity contribution is 6.47. The van der Waals surface area contributed by atoms with E-state index in [2.05, 4.69) is 15.6 Å². The van der Waals surface area contributed by atoms with Gasteiger partial charge < -0.3 is 21.7 Å². The number of nitrogens with one attached hydrogen (secondary N) is 3. The van der Waals surface area contributed by atoms with Crippen molar-refractivity contribution < 1.29 is 23.3 Å². The average Bonchev–Trinajstić information content (AvgIpc) is 2.83. The summed E-state index contributed by atoms with van der Waals surface area (Å²) in [6.07, 6.45) is -5.98. The lowest BCUT2D eigenvalue weighted by Crippen LogP contribution is -2.79. The minimum atomic E-state index is -4.24. The van der Waals surface area contributed by atoms with Crippen LogP contribution in [0, 0.1) is 10.8 Å². The van der Waals surface area contributed by atoms with Gasteiger partial charge in [0, 0.05) is 5.57 Å². The molecule has 2 aliphatic heterocycles. The molecule has 1 atom stereocenters. The van der Waals surface area contributed by atoms with Gasteiger partial charge in [0.05, 0.1) is 23.9 Å². The van der Waals surface area contributed by atoms with Crippen molar-refractivity contribution in [3.8, 4) is 0 Å². The smallest absolute Gasteiger partial charge is 0.325 e. The molecule has 0 fully saturated rings. The molecule has 3 rings (SSSR count). The molecule has 1 unspecified atom stereocenters. The Morgan fingerprint density at radius 3 is 2.68 bits per heavy atom. The van der Waals surface area contributed by atoms with E-state index in [0.29, 0.717) is 22.6 Å². The summed E-state index contributed by atoms with van der Waals surface area (Å²) in [6, 6.07) is 6.67. The Morgan fingerprint density at radius 1 is 1.32 bits per heavy atom. The predicted molar refractivity (Wildman–Crippen MR) is 97.9 cm³/mol. The van der Waals surface area contributed by atoms with Crippen LogP contribution in [0.15, 0.2) is 40.7 Å². The molecule has 0 saturated heterocycles. The van der Waals surface area contributed by atoms with Gasteiger partial charge in [-0.1, -0.05) is 12.1 Å². The minimum Gasteiger partial charge on any atom is -0.325 e. The number of carbonyl (C=O) groups excluding carboxylic acids is 1. The molecule has 28 heavy (non-hydrogen) atoms. The van der Waals surface area contributed by atoms with Gasteiger partial charge in [-0.25, -0.2) is 4.99 Å². The van der Waals surface area contributed by atoms with Gasteiger partial charge in [-0.3, -0.25) is 10.2 Å². The topological polar surface area (TPSA) is 120 Å². The number of amidine groups is 1. The molecule has 1 amide bonds. The number of carbonyl (C=O) groups is 1. The van der Waals surface area contributed by atoms with Crippen LogP contribution in [-0.4, -0.2) is 36.3 Å². The van der Waals surface area contributed by atoms with E-state index in [1.54, 1.807) is 38.1 Å². The number of aliphatic imine (C=N–C) groups is 1. The largest absolute Gasteiger partial charge is 0.394 e. The van der Waals surface area contributed by atoms with Gasteiger partial charge in [0.25, 0.3) is 0 Å². The molecule has 0 aliphatic carbocycles. The van der Waals surface area contributed by atoms with Gasteiger partial charge in [0.1, 0.15) is 23.4 Å². The first-order valence-electron chi connectivity index (χ1n) is 8.75. The summed E-state index contributed by atoms with van der Waals surface area (Å²) in [7, 11) is 0. The van der Waals surface area contributed by atoms with Gasteiger partial charge in [0.2, 0.25) is 5.91 Å². The molecule has 2 heterocycles. The van der Waals surface area contributed by atoms with Gasteiger partial charge in [-0.05, 0) is 26.0 Å². The maximum Gasteiger partial charge on any atom is 0.394 e. The molecule has 0 aromatic heterocycles. The molecule has 0 bridgehead atoms. The summed E-state index contributed by atoms with van der Waals surface area (Å²) in [5.41, 5.74) is 6.83. The van der Waals surface area contributed by atoms with Crippen molar-refractivity contribution in [2.45, 2.75) is 32.6 Å². The van der Waals surface area contributed by atoms with Crippen LogP contribution in [0.4, 0.5) is 18.9 Å². The van der Waals surface area contributed by atoms with Gasteiger partial charge in [-0.15, -0.1) is 0 Å². The number of nitrogens with zero attached hydrogens (tertiary/aromatic N) is 1. The van der Waals surface area contributed by atoms with Crippen LogP contribution in [0.3, 0.4) is 0 Å². The third-order valence-corrected chi connectivity index (χ3v) is 4.82. The van der Waals surface area contributed by atoms with E-state index in [9.17, 15) is 18.0 Å². The number of halogens is 3. The zero-order valence-electron chi connectivity index (χ0n) is 15.4. The second kappa shape index (κ2) is 7.02. The number of para-hydroxylation sites is 1. The Bertz CT molecular complexity index is 888. The SMILES string of the molecule is CC1(C)C(=O)NC2=C1C(N)N=C(C(=N)c1ccccc1[NH2+]CCC(F)(F)F)N2. The Hall–Kier alpha value is -2.72. The number of nitrogens with two attached hydrogens (primary N) is 2. The minimum absolute atomic E-state index is 0.0141. The number of alkyl halides is 3. The Labute approximate surface area is 159 Å². The molecule has 1 aromatic carbocycles. The zero-order valence-corrected chi connectivity index (χ0v) is 15.4. The van der Waals surface area contributed by atoms with Crippen molar-refractivity contribution >= 4 is 23.1 Å². The number of quaternary nitrogens is 1. The maximum absolute atomic E-state index is 12.4. The Balaban J connectivity index is 1.81. The first kappa shape index (κ1) is 20.0. The second-order valence-electron chi connectivity index (χ2n) is 7.24. The number of hydrogen-bond donors (Lipinski definition) is 5. The fourth-order valence-corrected chi connectivity index (χ4v) is 3.29. The van der Waals surface area contributed by atoms with Crippen LogP contribution < -0.4 is 21.7 Å². The third kappa shape index (κ3) is 3.78. The van der Waals surface area contributed by atoms with Gasteiger partial charge in [0.15, 0.2) is 5.84 Å². The maximum atomic E-state index is 12.4. The molecule has 0 saturated carbocycles. The van der Waals surface area contributed by atoms with Crippen molar-refractivity contribution in [2.75, 3.05) is 6.54 Å². The van der Waals surface area contributed by atoms with E-state index in [1.165, 1.54) is 5.32 Å². The van der Waals surface area contributed by atoms with Crippen molar-refractivity contribution in [3.05, 3.63) is 41.2 Å². The number of amides is 1. The number of rotatable bonds is 5. The summed E-state index contributed by atoms with van der Waals surface area (Å²) in [6.45, 7) is 3.29. The van der Waals surface area contributed by atoms with Crippen LogP contribution in [-0.2, 0) is 4.79 Å². The third-order valence-electron chi connectivity index (χ3n) is 4.82. The Morgan fingerprint density at radius 2 is 2.00 bits per heavy atom. The van der Waals surface area contributed by atoms with Crippen molar-refractivity contribution in [1.29, 1.82) is 5.41 Å². The van der Waals surface area contributed by atoms with Crippen LogP contribution in [0.5, 0.6) is 0 Å². The molecule has 0 spiro atoms. The average molecular weight is 395 g/mol. The fourth-order valence-electron chi connectivity index (χ4n) is 3.29. The monoisotopic (exact) mass is 395 g/mol. The molecular formula is C18H22F3N6O+. The van der Waals surface area contributed by atoms with Crippen LogP contribution in [0.25, 0.3) is 0 Å². The van der Waals surface area contributed by atoms with E-state index < -0.39 is 24.2 Å². The molecule has 1 aromatic rings. The lowest BCUT2D eigenvalue weighted by molar-refractivity contribution is -0.576. The van der Waals surface area contributed by atoms with E-state index in [1.807, 2.05) is 0 Å². The highest BCUT2D eigenvalue weighted by Gasteiger charge is 2.45. The van der Waals surface area contributed by atoms with Gasteiger partial charge in [-0.2, -0.15) is 13.2 Å². The first-order chi connectivity index (χ1) is 13.0. The molecule has 10 heteroatoms. The van der Waals surface area contributed by atoms with Crippen molar-refractivity contribution in [2.24, 2.45) is 16.1 Å². The predicted octanol–water partition coefficient (Wildman–Crippen LogP) is 0.856. The molecule has 2 aliphatic rings. The second-order valence-corrected chi connectivity index (χ2v) is 7.24. The summed E-state index contributed by atoms with van der Waals surface area (Å²) >= 11 is 0. The van der Waals surface area contributed by atoms with Crippen molar-refractivity contribution in [1.82, 2.24) is 10.6 Å². The molecular weight excluding hydrogens is 373 g/mol. The van der Waals surface area contributed by atoms with Crippen LogP contribution >= 0.6 is 0 Å². The van der Waals surface area contributed by atoms with Gasteiger partial charge >= 0.3 is 6.18 Å². The van der Waals surface area contributed by atoms with Crippen LogP contribution in [0.2, 0.25) is 0 Å². The lowest BCUT2D eigenvalue weighted by Gasteiger charge is -2.26. The fraction of sp³-hybridized carbons (Fsp3) is 0.389. The highest BCUT2D eigenvalue weighted by atomic mass is 19.4. The lowest BCUT2D eigenvalue weighted by atomic mass is 9.83. The standard InChI is InChI=1S/C18H21F3N6O/c1-17(2)11-13(23)25-15(26-14(11)27-16(17)28)12(22)9-5-3-4-6-10(9)24-8-7-18(19,20)21/h3-6,13,22,24H,7-8,23H2,1-2H3,(H,25,26)(H,27,28)/p+1. The normalized spacial score (nSPS) is 21.0. The number of hydrogen-bond acceptors (Lipinski definition) is 5. The Kier molecular flexibility index (Phi) is 5.02. The molecule has 150 valence electrons. The van der Waals surface area contributed by atoms with E-state index in [4.69, 9.17) is 11.1 Å². The summed E-state index contributed by atoms with van der Waals surface area (Å²) in [5, 5.41) is 15.6.